The van der Waals surface area contributed by atoms with Gasteiger partial charge in [-0.2, -0.15) is 0 Å². The molecule has 0 aromatic rings. The molecule has 23 heteroatoms. The summed E-state index contributed by atoms with van der Waals surface area (Å²) in [5.74, 6) is 3.24. The molecule has 0 bridgehead atoms. The van der Waals surface area contributed by atoms with Crippen molar-refractivity contribution in [3.05, 3.63) is 60.7 Å². The van der Waals surface area contributed by atoms with Crippen LogP contribution in [0.1, 0.15) is 118 Å². The van der Waals surface area contributed by atoms with Crippen LogP contribution in [0.5, 0.6) is 0 Å². The van der Waals surface area contributed by atoms with Gasteiger partial charge in [0.25, 0.3) is 0 Å². The van der Waals surface area contributed by atoms with Crippen LogP contribution in [0.2, 0.25) is 0 Å². The van der Waals surface area contributed by atoms with Gasteiger partial charge in [-0.15, -0.1) is 32.0 Å². The second-order valence-electron chi connectivity index (χ2n) is 9.49. The maximum Gasteiger partial charge on any atom is 0.104 e. The number of unbranched alkanes of at least 4 members (excludes halogenated alkanes) is 7. The van der Waals surface area contributed by atoms with Crippen molar-refractivity contribution >= 4 is 44.8 Å². The molecule has 0 aliphatic heterocycles. The van der Waals surface area contributed by atoms with Gasteiger partial charge in [-0.1, -0.05) is 0 Å². The fraction of sp³-hybridized carbons (Fsp3) is 1.00. The molecule has 19 nitrogen and oxygen atoms in total. The third-order valence-electron chi connectivity index (χ3n) is 5.60. The van der Waals surface area contributed by atoms with Crippen LogP contribution < -0.4 is 0 Å². The first-order valence-electron chi connectivity index (χ1n) is 14.9. The predicted molar refractivity (Wildman–Crippen MR) is 209 cm³/mol. The van der Waals surface area contributed by atoms with E-state index in [0.717, 1.165) is 61.5 Å². The minimum atomic E-state index is -0.305. The molecule has 0 aromatic heterocycles. The Morgan fingerprint density at radius 3 is 0.980 bits per heavy atom. The average molecular weight is 915 g/mol. The Morgan fingerprint density at radius 1 is 0.531 bits per heavy atom. The predicted octanol–water partition coefficient (Wildman–Crippen LogP) is 8.32. The van der Waals surface area contributed by atoms with Crippen LogP contribution in [-0.2, 0) is 38.9 Å². The molecule has 0 aliphatic rings. The molecule has 0 spiro atoms. The maximum absolute atomic E-state index is 10.9. The monoisotopic (exact) mass is 913 g/mol. The SMILES string of the molecule is CCCCCCC(CCCC)[C](O)([SbH2])CCCCCC.CC[S+](C)C.CC[S+](C)C.O=N[O-].O=N[O-].O=N[O-].O=N[O-].O=N[O-].O=N[O-].[Cu]. The Hall–Kier alpha value is -1.60. The van der Waals surface area contributed by atoms with E-state index in [0.29, 0.717) is 27.7 Å². The summed E-state index contributed by atoms with van der Waals surface area (Å²) in [6.07, 6.45) is 25.6. The quantitative estimate of drug-likeness (QED) is 0.0501. The van der Waals surface area contributed by atoms with Gasteiger partial charge in [0.05, 0.1) is 25.0 Å². The minimum Gasteiger partial charge on any atom is -0.444 e. The van der Waals surface area contributed by atoms with Crippen LogP contribution in [0.15, 0.2) is 32.0 Å². The number of nitrogens with zero attached hydrogens (tertiary/aromatic N) is 6. The van der Waals surface area contributed by atoms with Crippen LogP contribution >= 0.6 is 0 Å². The topological polar surface area (TPSA) is 335 Å². The third-order valence-corrected chi connectivity index (χ3v) is 10.1. The fourth-order valence-electron chi connectivity index (χ4n) is 2.95. The standard InChI is InChI=1S/C18H37O.2C4H11S.Cu.6HNO2.Sb.2H/c1-4-7-10-12-15-17(14-9-6-3)18(19)16-13-11-8-5-2;2*1-4-5(2)3;;6*2-1-3;;;/h17,19H,4-16H2,1-3H3;2*4H2,1-3H3;;6*(H,2,3);;;/q;2*+1;;;;;;;;;;/p-6. The zero-order chi connectivity index (χ0) is 40.1. The normalized spacial score (nSPS) is 9.98. The molecule has 0 saturated carbocycles. The first-order valence-corrected chi connectivity index (χ1v) is 21.0. The molecule has 0 saturated heterocycles. The van der Waals surface area contributed by atoms with E-state index in [1.807, 2.05) is 0 Å². The minimum absolute atomic E-state index is 0. The van der Waals surface area contributed by atoms with Gasteiger partial charge in [-0.05, 0) is 35.6 Å². The van der Waals surface area contributed by atoms with E-state index >= 15 is 0 Å². The van der Waals surface area contributed by atoms with Crippen LogP contribution in [0.4, 0.5) is 0 Å². The van der Waals surface area contributed by atoms with E-state index in [1.165, 1.54) is 88.6 Å². The van der Waals surface area contributed by atoms with Crippen molar-refractivity contribution in [3.8, 4) is 0 Å². The Morgan fingerprint density at radius 2 is 0.755 bits per heavy atom. The van der Waals surface area contributed by atoms with E-state index in [4.69, 9.17) is 60.7 Å². The van der Waals surface area contributed by atoms with Gasteiger partial charge in [0, 0.05) is 17.1 Å². The van der Waals surface area contributed by atoms with Crippen molar-refractivity contribution in [2.45, 2.75) is 122 Å². The van der Waals surface area contributed by atoms with Crippen LogP contribution in [0, 0.1) is 66.6 Å². The molecule has 49 heavy (non-hydrogen) atoms. The molecule has 0 rings (SSSR count). The number of hydrogen-bond acceptors (Lipinski definition) is 19. The summed E-state index contributed by atoms with van der Waals surface area (Å²) < 4.78 is -0.305. The average Bonchev–Trinajstić information content (AvgIpc) is 3.02. The fourth-order valence-corrected chi connectivity index (χ4v) is 4.49. The molecular formula is C26H61CuN6O13S2Sb-4. The van der Waals surface area contributed by atoms with E-state index in [1.54, 1.807) is 0 Å². The van der Waals surface area contributed by atoms with Crippen molar-refractivity contribution in [1.29, 1.82) is 0 Å². The third kappa shape index (κ3) is 142. The zero-order valence-corrected chi connectivity index (χ0v) is 36.3. The second-order valence-corrected chi connectivity index (χ2v) is 17.4. The van der Waals surface area contributed by atoms with Crippen LogP contribution in [0.25, 0.3) is 0 Å². The van der Waals surface area contributed by atoms with Crippen molar-refractivity contribution in [2.75, 3.05) is 36.5 Å². The van der Waals surface area contributed by atoms with E-state index < -0.39 is 0 Å². The first kappa shape index (κ1) is 73.0. The summed E-state index contributed by atoms with van der Waals surface area (Å²) in [6.45, 7) is 11.2. The number of aliphatic hydroxyl groups is 1. The molecule has 0 aliphatic carbocycles. The summed E-state index contributed by atoms with van der Waals surface area (Å²) >= 11 is 1.02. The summed E-state index contributed by atoms with van der Waals surface area (Å²) in [5.41, 5.74) is 0. The van der Waals surface area contributed by atoms with Gasteiger partial charge in [-0.3, -0.25) is 0 Å². The van der Waals surface area contributed by atoms with Gasteiger partial charge in [-0.25, -0.2) is 0 Å². The van der Waals surface area contributed by atoms with E-state index in [2.05, 4.69) is 59.6 Å². The molecule has 1 radical (unpaired) electrons. The zero-order valence-electron chi connectivity index (χ0n) is 30.4. The Kier molecular flexibility index (Phi) is 120. The second kappa shape index (κ2) is 80.8. The first-order chi connectivity index (χ1) is 22.6. The van der Waals surface area contributed by atoms with Crippen molar-refractivity contribution in [3.63, 3.8) is 0 Å². The van der Waals surface area contributed by atoms with Gasteiger partial charge in [0.2, 0.25) is 0 Å². The summed E-state index contributed by atoms with van der Waals surface area (Å²) in [7, 11) is 1.35. The van der Waals surface area contributed by atoms with Crippen molar-refractivity contribution < 1.29 is 22.2 Å². The molecule has 0 aromatic carbocycles. The van der Waals surface area contributed by atoms with Gasteiger partial charge in [0.15, 0.2) is 0 Å². The van der Waals surface area contributed by atoms with E-state index in [9.17, 15) is 5.11 Å². The summed E-state index contributed by atoms with van der Waals surface area (Å²) in [4.78, 5) is 48.0. The number of rotatable bonds is 16. The van der Waals surface area contributed by atoms with Gasteiger partial charge < -0.3 is 60.7 Å². The van der Waals surface area contributed by atoms with Gasteiger partial charge in [0.1, 0.15) is 11.5 Å². The molecule has 305 valence electrons. The Balaban J connectivity index is -0.0000000535. The smallest absolute Gasteiger partial charge is 0.104 e. The molecule has 2 atom stereocenters. The maximum atomic E-state index is 10.9. The molecule has 0 heterocycles. The largest absolute Gasteiger partial charge is 0.444 e. The molecular weight excluding hydrogens is 854 g/mol. The van der Waals surface area contributed by atoms with Crippen LogP contribution in [-0.4, -0.2) is 68.2 Å². The van der Waals surface area contributed by atoms with Crippen LogP contribution in [0.3, 0.4) is 0 Å². The molecule has 2 unspecified atom stereocenters. The summed E-state index contributed by atoms with van der Waals surface area (Å²) in [5, 5.41) is 64.9. The van der Waals surface area contributed by atoms with Crippen molar-refractivity contribution in [1.82, 2.24) is 0 Å². The Bertz CT molecular complexity index is 549. The molecule has 1 N–H and O–H groups in total. The van der Waals surface area contributed by atoms with Gasteiger partial charge >= 0.3 is 142 Å². The summed E-state index contributed by atoms with van der Waals surface area (Å²) in [6, 6.07) is 0. The number of hydrogen-bond donors (Lipinski definition) is 1. The Labute approximate surface area is 322 Å². The molecule has 0 fully saturated rings. The van der Waals surface area contributed by atoms with Crippen molar-refractivity contribution in [2.24, 2.45) is 38.0 Å². The van der Waals surface area contributed by atoms with E-state index in [-0.39, 0.29) is 20.6 Å². The molecule has 0 amide bonds.